The van der Waals surface area contributed by atoms with Gasteiger partial charge in [0.1, 0.15) is 12.2 Å². The van der Waals surface area contributed by atoms with E-state index in [1.807, 2.05) is 13.0 Å². The third-order valence-electron chi connectivity index (χ3n) is 20.6. The Bertz CT molecular complexity index is 2200. The van der Waals surface area contributed by atoms with E-state index in [0.29, 0.717) is 62.5 Å². The van der Waals surface area contributed by atoms with Crippen LogP contribution in [0.15, 0.2) is 47.6 Å². The second-order valence-corrected chi connectivity index (χ2v) is 29.0. The molecule has 3 heterocycles. The van der Waals surface area contributed by atoms with Gasteiger partial charge in [-0.2, -0.15) is 0 Å². The van der Waals surface area contributed by atoms with E-state index in [-0.39, 0.29) is 76.0 Å². The average Bonchev–Trinajstić information content (AvgIpc) is 0.777. The van der Waals surface area contributed by atoms with Crippen LogP contribution in [0.2, 0.25) is 0 Å². The fourth-order valence-electron chi connectivity index (χ4n) is 13.4. The van der Waals surface area contributed by atoms with Crippen LogP contribution in [0.3, 0.4) is 0 Å². The summed E-state index contributed by atoms with van der Waals surface area (Å²) in [4.78, 5) is 15.4. The molecule has 3 aliphatic heterocycles. The van der Waals surface area contributed by atoms with Crippen molar-refractivity contribution in [1.82, 2.24) is 4.90 Å². The monoisotopic (exact) mass is 1350 g/mol. The van der Waals surface area contributed by atoms with E-state index < -0.39 is 170 Å². The second kappa shape index (κ2) is 43.3. The highest BCUT2D eigenvalue weighted by molar-refractivity contribution is 5.71. The topological polar surface area (TPSA) is 381 Å². The highest BCUT2D eigenvalue weighted by Gasteiger charge is 2.53. The molecule has 2 fully saturated rings. The van der Waals surface area contributed by atoms with Crippen LogP contribution in [-0.4, -0.2) is 241 Å². The van der Waals surface area contributed by atoms with Gasteiger partial charge < -0.3 is 106 Å². The maximum absolute atomic E-state index is 13.7. The lowest BCUT2D eigenvalue weighted by Gasteiger charge is -2.50. The molecule has 0 radical (unpaired) electrons. The van der Waals surface area contributed by atoms with Crippen LogP contribution in [0, 0.1) is 35.5 Å². The fourth-order valence-corrected chi connectivity index (χ4v) is 13.4. The van der Waals surface area contributed by atoms with Crippen molar-refractivity contribution in [3.63, 3.8) is 0 Å². The maximum Gasteiger partial charge on any atom is 0.311 e. The Kier molecular flexibility index (Phi) is 39.6. The third kappa shape index (κ3) is 29.4. The quantitative estimate of drug-likeness (QED) is 0.0834. The van der Waals surface area contributed by atoms with E-state index >= 15 is 0 Å². The molecule has 22 heteroatoms. The Balaban J connectivity index is 1.84. The molecule has 0 aromatic heterocycles. The summed E-state index contributed by atoms with van der Waals surface area (Å²) in [5, 5.41) is 179. The van der Waals surface area contributed by atoms with Crippen molar-refractivity contribution in [2.24, 2.45) is 35.5 Å². The minimum Gasteiger partial charge on any atom is -0.458 e. The van der Waals surface area contributed by atoms with E-state index in [9.17, 15) is 86.5 Å². The molecule has 16 N–H and O–H groups in total. The molecular formula is C72H131NO21. The Morgan fingerprint density at radius 1 is 0.596 bits per heavy atom. The van der Waals surface area contributed by atoms with Gasteiger partial charge in [-0.3, -0.25) is 4.79 Å². The van der Waals surface area contributed by atoms with Crippen LogP contribution >= 0.6 is 0 Å². The number of nitrogens with zero attached hydrogens (tertiary/aromatic N) is 1. The lowest BCUT2D eigenvalue weighted by Crippen LogP contribution is -2.64. The van der Waals surface area contributed by atoms with Gasteiger partial charge in [-0.25, -0.2) is 0 Å². The van der Waals surface area contributed by atoms with Crippen LogP contribution in [-0.2, 0) is 23.7 Å². The number of carbonyl (C=O) groups excluding carboxylic acids is 1. The van der Waals surface area contributed by atoms with Gasteiger partial charge in [0.15, 0.2) is 12.1 Å². The van der Waals surface area contributed by atoms with E-state index in [1.165, 1.54) is 12.2 Å². The van der Waals surface area contributed by atoms with Gasteiger partial charge in [-0.05, 0) is 161 Å². The summed E-state index contributed by atoms with van der Waals surface area (Å²) < 4.78 is 24.5. The molecule has 2 saturated heterocycles. The van der Waals surface area contributed by atoms with Crippen molar-refractivity contribution in [1.29, 1.82) is 0 Å². The molecule has 0 aromatic rings. The van der Waals surface area contributed by atoms with Crippen molar-refractivity contribution in [3.05, 3.63) is 47.6 Å². The van der Waals surface area contributed by atoms with Gasteiger partial charge in [0, 0.05) is 48.9 Å². The largest absolute Gasteiger partial charge is 0.458 e. The Morgan fingerprint density at radius 3 is 1.78 bits per heavy atom. The molecule has 0 saturated carbocycles. The summed E-state index contributed by atoms with van der Waals surface area (Å²) in [7, 11) is 3.41. The summed E-state index contributed by atoms with van der Waals surface area (Å²) in [5.41, 5.74) is 1.12. The summed E-state index contributed by atoms with van der Waals surface area (Å²) in [6.07, 6.45) is -1.84. The van der Waals surface area contributed by atoms with E-state index in [0.717, 1.165) is 25.7 Å². The fraction of sp³-hybridized carbons (Fsp3) is 0.875. The Hall–Kier alpha value is -2.37. The summed E-state index contributed by atoms with van der Waals surface area (Å²) in [6.45, 7) is 17.4. The van der Waals surface area contributed by atoms with Gasteiger partial charge >= 0.3 is 5.97 Å². The van der Waals surface area contributed by atoms with Crippen molar-refractivity contribution < 1.29 is 105 Å². The number of unbranched alkanes of at least 4 members (excludes halogenated alkanes) is 3. The van der Waals surface area contributed by atoms with E-state index in [2.05, 4.69) is 6.92 Å². The zero-order valence-corrected chi connectivity index (χ0v) is 59.0. The molecule has 0 spiro atoms. The van der Waals surface area contributed by atoms with Crippen LogP contribution in [0.5, 0.6) is 0 Å². The smallest absolute Gasteiger partial charge is 0.311 e. The van der Waals surface area contributed by atoms with E-state index in [1.54, 1.807) is 92.6 Å². The van der Waals surface area contributed by atoms with Crippen LogP contribution in [0.1, 0.15) is 217 Å². The normalized spacial score (nSPS) is 42.5. The molecule has 2 bridgehead atoms. The molecule has 0 aliphatic carbocycles. The van der Waals surface area contributed by atoms with Crippen molar-refractivity contribution in [3.8, 4) is 0 Å². The van der Waals surface area contributed by atoms with Gasteiger partial charge in [0.2, 0.25) is 0 Å². The number of esters is 1. The van der Waals surface area contributed by atoms with Crippen molar-refractivity contribution in [2.45, 2.75) is 351 Å². The molecule has 0 aromatic carbocycles. The SMILES string of the molecule is CCCCCCC1C=C(C)C(O)CC(O)CCCC(O)C(C)C(O)CC=CC=C(C)C(O)C(C)C2CC(OC3OC(C)C(O)C(N(C)C)C3O)C(C)C(O)(CC(=O)OC(C)C=CC(O)CC(O)CCCC(O)C(C)C(O)CCC(C)C(O)CC(O)CC(O)CCCC1O)O2. The first kappa shape index (κ1) is 85.9. The first-order chi connectivity index (χ1) is 44.1. The number of aliphatic hydroxyl groups excluding tert-OH is 15. The van der Waals surface area contributed by atoms with Crippen molar-refractivity contribution in [2.75, 3.05) is 14.1 Å². The highest BCUT2D eigenvalue weighted by Crippen LogP contribution is 2.42. The number of hydrogen-bond acceptors (Lipinski definition) is 22. The Morgan fingerprint density at radius 2 is 1.17 bits per heavy atom. The van der Waals surface area contributed by atoms with Crippen LogP contribution < -0.4 is 0 Å². The van der Waals surface area contributed by atoms with Gasteiger partial charge in [0.25, 0.3) is 0 Å². The molecule has 28 unspecified atom stereocenters. The van der Waals surface area contributed by atoms with Crippen LogP contribution in [0.25, 0.3) is 0 Å². The third-order valence-corrected chi connectivity index (χ3v) is 20.6. The van der Waals surface area contributed by atoms with Crippen molar-refractivity contribution >= 4 is 5.97 Å². The number of rotatable bonds is 8. The number of likely N-dealkylation sites (N-methyl/N-ethyl adjacent to an activating group) is 1. The number of aliphatic hydroxyl groups is 16. The maximum atomic E-state index is 13.7. The summed E-state index contributed by atoms with van der Waals surface area (Å²) >= 11 is 0. The molecule has 3 rings (SSSR count). The molecule has 0 amide bonds. The van der Waals surface area contributed by atoms with E-state index in [4.69, 9.17) is 18.9 Å². The first-order valence-electron chi connectivity index (χ1n) is 35.6. The van der Waals surface area contributed by atoms with Gasteiger partial charge in [-0.1, -0.05) is 97.6 Å². The zero-order chi connectivity index (χ0) is 70.7. The number of allylic oxidation sites excluding steroid dienone is 2. The highest BCUT2D eigenvalue weighted by atomic mass is 16.7. The number of fused-ring (bicyclic) bond motifs is 2. The van der Waals surface area contributed by atoms with Gasteiger partial charge in [0.05, 0.1) is 116 Å². The predicted molar refractivity (Wildman–Crippen MR) is 359 cm³/mol. The first-order valence-corrected chi connectivity index (χ1v) is 35.6. The van der Waals surface area contributed by atoms with Crippen LogP contribution in [0.4, 0.5) is 0 Å². The lowest BCUT2D eigenvalue weighted by molar-refractivity contribution is -0.351. The minimum absolute atomic E-state index is 0.0134. The summed E-state index contributed by atoms with van der Waals surface area (Å²) in [6, 6.07) is -0.775. The summed E-state index contributed by atoms with van der Waals surface area (Å²) in [5.74, 6) is -6.48. The zero-order valence-electron chi connectivity index (χ0n) is 59.0. The predicted octanol–water partition coefficient (Wildman–Crippen LogP) is 5.29. The number of cyclic esters (lactones) is 1. The standard InChI is InChI=1S/C72H131NO21/c1-13-14-15-16-23-51-35-44(4)63(85)38-54(76)26-20-29-58(80)46(6)57(79)27-18-17-22-43(3)68(87)48(8)64-40-65(93-71-70(89)67(73(11)12)69(88)50(10)92-71)49(9)72(90,94-64)41-66(86)91-45(5)32-33-55(77)36-52(74)24-19-28-59(81)47(7)60(82)34-31-42(2)62(84)39-56(78)37-53(75)25-21-30-61(51)83/h17-18,22,32-33,35,42,45-65,67-71,74-85,87-90H,13-16,19-21,23-31,34,36-41H2,1-12H3. The average molecular weight is 1350 g/mol. The molecular weight excluding hydrogens is 1210 g/mol. The molecule has 3 aliphatic rings. The van der Waals surface area contributed by atoms with Gasteiger partial charge in [-0.15, -0.1) is 0 Å². The number of ether oxygens (including phenoxy) is 4. The minimum atomic E-state index is -2.25. The second-order valence-electron chi connectivity index (χ2n) is 29.0. The molecule has 550 valence electrons. The molecule has 28 atom stereocenters. The number of hydrogen-bond donors (Lipinski definition) is 16. The molecule has 22 nitrogen and oxygen atoms in total. The Labute approximate surface area is 562 Å². The lowest BCUT2D eigenvalue weighted by atomic mass is 9.80. The molecule has 94 heavy (non-hydrogen) atoms. The number of carbonyl (C=O) groups is 1.